The summed E-state index contributed by atoms with van der Waals surface area (Å²) in [6, 6.07) is 22.5. The summed E-state index contributed by atoms with van der Waals surface area (Å²) in [5.74, 6) is -0.324. The molecule has 0 radical (unpaired) electrons. The number of non-ortho nitro benzene ring substituents is 1. The van der Waals surface area contributed by atoms with E-state index in [9.17, 15) is 14.9 Å². The zero-order valence-corrected chi connectivity index (χ0v) is 18.1. The van der Waals surface area contributed by atoms with Gasteiger partial charge in [-0.05, 0) is 36.4 Å². The second-order valence-corrected chi connectivity index (χ2v) is 7.64. The third kappa shape index (κ3) is 4.79. The molecule has 0 unspecified atom stereocenters. The van der Waals surface area contributed by atoms with Crippen LogP contribution in [0.2, 0.25) is 0 Å². The average molecular weight is 490 g/mol. The van der Waals surface area contributed by atoms with Gasteiger partial charge in [-0.3, -0.25) is 14.9 Å². The van der Waals surface area contributed by atoms with E-state index in [1.54, 1.807) is 47.3 Å². The highest BCUT2D eigenvalue weighted by Crippen LogP contribution is 2.25. The summed E-state index contributed by atoms with van der Waals surface area (Å²) in [6.45, 7) is 0. The zero-order valence-electron chi connectivity index (χ0n) is 16.6. The topological polar surface area (TPSA) is 102 Å². The van der Waals surface area contributed by atoms with Crippen molar-refractivity contribution in [1.82, 2.24) is 15.2 Å². The minimum Gasteiger partial charge on any atom is -0.267 e. The number of carbonyl (C=O) groups excluding carboxylic acids is 1. The standard InChI is InChI=1S/C23H16BrN5O3/c24-19-8-6-16(7-9-19)22-18(14-25-26-23(30)17-4-2-1-3-5-17)15-28(27-22)20-10-12-21(13-11-20)29(31)32/h1-15H,(H,26,30)/b25-14-. The van der Waals surface area contributed by atoms with Gasteiger partial charge in [-0.15, -0.1) is 0 Å². The molecular weight excluding hydrogens is 474 g/mol. The number of aromatic nitrogens is 2. The van der Waals surface area contributed by atoms with Gasteiger partial charge in [0, 0.05) is 39.5 Å². The van der Waals surface area contributed by atoms with E-state index in [1.807, 2.05) is 30.3 Å². The molecule has 8 nitrogen and oxygen atoms in total. The Morgan fingerprint density at radius 3 is 2.38 bits per heavy atom. The molecule has 3 aromatic carbocycles. The Balaban J connectivity index is 1.65. The molecule has 0 atom stereocenters. The van der Waals surface area contributed by atoms with Gasteiger partial charge in [-0.2, -0.15) is 10.2 Å². The van der Waals surface area contributed by atoms with Crippen LogP contribution in [0, 0.1) is 10.1 Å². The van der Waals surface area contributed by atoms with E-state index >= 15 is 0 Å². The van der Waals surface area contributed by atoms with Crippen molar-refractivity contribution in [2.75, 3.05) is 0 Å². The molecule has 0 fully saturated rings. The fourth-order valence-electron chi connectivity index (χ4n) is 2.99. The minimum absolute atomic E-state index is 0.000510. The summed E-state index contributed by atoms with van der Waals surface area (Å²) in [6.07, 6.45) is 3.27. The van der Waals surface area contributed by atoms with Crippen molar-refractivity contribution < 1.29 is 9.72 Å². The van der Waals surface area contributed by atoms with E-state index in [1.165, 1.54) is 18.3 Å². The average Bonchev–Trinajstić information content (AvgIpc) is 3.24. The molecule has 0 saturated heterocycles. The summed E-state index contributed by atoms with van der Waals surface area (Å²) < 4.78 is 2.54. The SMILES string of the molecule is O=C(N/N=C\c1cn(-c2ccc([N+](=O)[O-])cc2)nc1-c1ccc(Br)cc1)c1ccccc1. The first-order valence-electron chi connectivity index (χ1n) is 9.50. The van der Waals surface area contributed by atoms with E-state index in [0.717, 1.165) is 10.0 Å². The van der Waals surface area contributed by atoms with Crippen LogP contribution in [0.3, 0.4) is 0 Å². The highest BCUT2D eigenvalue weighted by molar-refractivity contribution is 9.10. The van der Waals surface area contributed by atoms with Crippen molar-refractivity contribution in [1.29, 1.82) is 0 Å². The molecule has 0 aliphatic carbocycles. The highest BCUT2D eigenvalue weighted by Gasteiger charge is 2.13. The number of hydrogen-bond donors (Lipinski definition) is 1. The van der Waals surface area contributed by atoms with Gasteiger partial charge in [0.2, 0.25) is 0 Å². The smallest absolute Gasteiger partial charge is 0.267 e. The second kappa shape index (κ2) is 9.36. The van der Waals surface area contributed by atoms with E-state index in [4.69, 9.17) is 0 Å². The number of carbonyl (C=O) groups is 1. The molecule has 0 bridgehead atoms. The lowest BCUT2D eigenvalue weighted by molar-refractivity contribution is -0.384. The molecule has 1 heterocycles. The summed E-state index contributed by atoms with van der Waals surface area (Å²) >= 11 is 3.42. The summed E-state index contributed by atoms with van der Waals surface area (Å²) in [7, 11) is 0. The Bertz CT molecular complexity index is 1280. The zero-order chi connectivity index (χ0) is 22.5. The Morgan fingerprint density at radius 2 is 1.72 bits per heavy atom. The normalized spacial score (nSPS) is 10.9. The van der Waals surface area contributed by atoms with Crippen molar-refractivity contribution in [3.8, 4) is 16.9 Å². The van der Waals surface area contributed by atoms with Gasteiger partial charge >= 0.3 is 0 Å². The van der Waals surface area contributed by atoms with Crippen LogP contribution >= 0.6 is 15.9 Å². The number of rotatable bonds is 6. The molecule has 1 amide bonds. The number of hydrogen-bond acceptors (Lipinski definition) is 5. The van der Waals surface area contributed by atoms with E-state index in [-0.39, 0.29) is 11.6 Å². The van der Waals surface area contributed by atoms with Crippen LogP contribution in [0.25, 0.3) is 16.9 Å². The second-order valence-electron chi connectivity index (χ2n) is 6.72. The van der Waals surface area contributed by atoms with Gasteiger partial charge in [-0.25, -0.2) is 10.1 Å². The maximum Gasteiger partial charge on any atom is 0.271 e. The molecule has 0 aliphatic heterocycles. The van der Waals surface area contributed by atoms with Crippen LogP contribution in [0.4, 0.5) is 5.69 Å². The Hall–Kier alpha value is -4.11. The number of nitro benzene ring substituents is 1. The first-order valence-corrected chi connectivity index (χ1v) is 10.3. The molecule has 0 saturated carbocycles. The predicted octanol–water partition coefficient (Wildman–Crippen LogP) is 4.97. The molecule has 0 spiro atoms. The first kappa shape index (κ1) is 21.1. The van der Waals surface area contributed by atoms with Gasteiger partial charge in [0.1, 0.15) is 5.69 Å². The van der Waals surface area contributed by atoms with Crippen LogP contribution in [0.5, 0.6) is 0 Å². The van der Waals surface area contributed by atoms with Crippen LogP contribution in [0.1, 0.15) is 15.9 Å². The van der Waals surface area contributed by atoms with Crippen molar-refractivity contribution in [2.45, 2.75) is 0 Å². The molecule has 0 aliphatic rings. The van der Waals surface area contributed by atoms with E-state index < -0.39 is 4.92 Å². The summed E-state index contributed by atoms with van der Waals surface area (Å²) in [5.41, 5.74) is 5.83. The highest BCUT2D eigenvalue weighted by atomic mass is 79.9. The summed E-state index contributed by atoms with van der Waals surface area (Å²) in [4.78, 5) is 22.7. The third-order valence-corrected chi connectivity index (χ3v) is 5.12. The quantitative estimate of drug-likeness (QED) is 0.234. The molecule has 1 N–H and O–H groups in total. The summed E-state index contributed by atoms with van der Waals surface area (Å²) in [5, 5.41) is 19.7. The maximum atomic E-state index is 12.2. The molecular formula is C23H16BrN5O3. The number of hydrazone groups is 1. The third-order valence-electron chi connectivity index (χ3n) is 4.59. The predicted molar refractivity (Wildman–Crippen MR) is 125 cm³/mol. The van der Waals surface area contributed by atoms with Crippen molar-refractivity contribution in [2.24, 2.45) is 5.10 Å². The van der Waals surface area contributed by atoms with E-state index in [2.05, 4.69) is 31.6 Å². The lowest BCUT2D eigenvalue weighted by atomic mass is 10.1. The first-order chi connectivity index (χ1) is 15.5. The number of nitrogens with zero attached hydrogens (tertiary/aromatic N) is 4. The number of nitro groups is 1. The molecule has 4 aromatic rings. The Kier molecular flexibility index (Phi) is 6.18. The molecule has 4 rings (SSSR count). The number of benzene rings is 3. The lowest BCUT2D eigenvalue weighted by Crippen LogP contribution is -2.17. The number of halogens is 1. The Labute approximate surface area is 191 Å². The van der Waals surface area contributed by atoms with Crippen molar-refractivity contribution in [3.63, 3.8) is 0 Å². The van der Waals surface area contributed by atoms with Crippen LogP contribution < -0.4 is 5.43 Å². The van der Waals surface area contributed by atoms with Crippen molar-refractivity contribution >= 4 is 33.7 Å². The largest absolute Gasteiger partial charge is 0.271 e. The van der Waals surface area contributed by atoms with Gasteiger partial charge in [0.15, 0.2) is 0 Å². The molecule has 32 heavy (non-hydrogen) atoms. The van der Waals surface area contributed by atoms with Gasteiger partial charge in [0.05, 0.1) is 16.8 Å². The lowest BCUT2D eigenvalue weighted by Gasteiger charge is -2.01. The Morgan fingerprint density at radius 1 is 1.03 bits per heavy atom. The number of amides is 1. The molecule has 9 heteroatoms. The number of nitrogens with one attached hydrogen (secondary N) is 1. The fraction of sp³-hybridized carbons (Fsp3) is 0. The van der Waals surface area contributed by atoms with Gasteiger partial charge in [0.25, 0.3) is 11.6 Å². The molecule has 158 valence electrons. The van der Waals surface area contributed by atoms with Crippen LogP contribution in [0.15, 0.2) is 94.6 Å². The molecule has 1 aromatic heterocycles. The fourth-order valence-corrected chi connectivity index (χ4v) is 3.25. The van der Waals surface area contributed by atoms with Crippen LogP contribution in [-0.4, -0.2) is 26.8 Å². The van der Waals surface area contributed by atoms with Crippen LogP contribution in [-0.2, 0) is 0 Å². The monoisotopic (exact) mass is 489 g/mol. The maximum absolute atomic E-state index is 12.2. The van der Waals surface area contributed by atoms with E-state index in [0.29, 0.717) is 22.5 Å². The van der Waals surface area contributed by atoms with Gasteiger partial charge < -0.3 is 0 Å². The van der Waals surface area contributed by atoms with Crippen molar-refractivity contribution in [3.05, 3.63) is 111 Å². The minimum atomic E-state index is -0.451. The van der Waals surface area contributed by atoms with Gasteiger partial charge in [-0.1, -0.05) is 46.3 Å².